The number of nitrogens with one attached hydrogen (secondary N) is 1. The summed E-state index contributed by atoms with van der Waals surface area (Å²) < 4.78 is 10.9. The molecule has 0 spiro atoms. The van der Waals surface area contributed by atoms with Crippen LogP contribution in [-0.2, 0) is 6.54 Å². The van der Waals surface area contributed by atoms with Gasteiger partial charge in [-0.2, -0.15) is 0 Å². The minimum Gasteiger partial charge on any atom is -0.454 e. The van der Waals surface area contributed by atoms with Gasteiger partial charge >= 0.3 is 0 Å². The molecule has 1 aromatic carbocycles. The fourth-order valence-corrected chi connectivity index (χ4v) is 3.58. The van der Waals surface area contributed by atoms with Crippen molar-refractivity contribution in [2.24, 2.45) is 0 Å². The van der Waals surface area contributed by atoms with Crippen LogP contribution in [0.5, 0.6) is 11.5 Å². The predicted molar refractivity (Wildman–Crippen MR) is 112 cm³/mol. The lowest BCUT2D eigenvalue weighted by molar-refractivity contribution is 0.0919. The summed E-state index contributed by atoms with van der Waals surface area (Å²) in [6.45, 7) is 10.8. The number of hydrogen-bond donors (Lipinski definition) is 1. The zero-order valence-electron chi connectivity index (χ0n) is 17.3. The minimum absolute atomic E-state index is 0.0670. The summed E-state index contributed by atoms with van der Waals surface area (Å²) in [6, 6.07) is 9.79. The highest BCUT2D eigenvalue weighted by Crippen LogP contribution is 2.33. The lowest BCUT2D eigenvalue weighted by atomic mass is 10.1. The number of fused-ring (bicyclic) bond motifs is 1. The fraction of sp³-hybridized carbons (Fsp3) is 0.455. The Balaban J connectivity index is 1.35. The van der Waals surface area contributed by atoms with E-state index in [-0.39, 0.29) is 11.4 Å². The zero-order valence-corrected chi connectivity index (χ0v) is 17.3. The molecule has 7 heteroatoms. The second kappa shape index (κ2) is 7.91. The summed E-state index contributed by atoms with van der Waals surface area (Å²) in [5.41, 5.74) is 1.61. The SMILES string of the molecule is CC(C)(C)NC(=O)c1ccnc(N2CCN(Cc3ccc4c(c3)OCO4)CC2)c1. The maximum absolute atomic E-state index is 12.4. The maximum Gasteiger partial charge on any atom is 0.251 e. The molecule has 0 unspecified atom stereocenters. The first kappa shape index (κ1) is 19.5. The van der Waals surface area contributed by atoms with Crippen LogP contribution in [0.3, 0.4) is 0 Å². The van der Waals surface area contributed by atoms with Gasteiger partial charge in [0.2, 0.25) is 6.79 Å². The van der Waals surface area contributed by atoms with Gasteiger partial charge in [0.15, 0.2) is 11.5 Å². The van der Waals surface area contributed by atoms with Crippen LogP contribution in [-0.4, -0.2) is 54.3 Å². The number of nitrogens with zero attached hydrogens (tertiary/aromatic N) is 3. The van der Waals surface area contributed by atoms with Gasteiger partial charge in [0.25, 0.3) is 5.91 Å². The summed E-state index contributed by atoms with van der Waals surface area (Å²) in [5, 5.41) is 3.01. The van der Waals surface area contributed by atoms with Crippen molar-refractivity contribution in [3.8, 4) is 11.5 Å². The Morgan fingerprint density at radius 2 is 1.83 bits per heavy atom. The van der Waals surface area contributed by atoms with Crippen molar-refractivity contribution in [2.45, 2.75) is 32.9 Å². The van der Waals surface area contributed by atoms with E-state index in [9.17, 15) is 4.79 Å². The van der Waals surface area contributed by atoms with Crippen LogP contribution in [0, 0.1) is 0 Å². The summed E-state index contributed by atoms with van der Waals surface area (Å²) in [4.78, 5) is 21.6. The first-order valence-corrected chi connectivity index (χ1v) is 10.0. The van der Waals surface area contributed by atoms with Gasteiger partial charge in [0.05, 0.1) is 0 Å². The van der Waals surface area contributed by atoms with Crippen molar-refractivity contribution < 1.29 is 14.3 Å². The number of ether oxygens (including phenoxy) is 2. The molecule has 1 amide bonds. The number of amides is 1. The molecule has 0 atom stereocenters. The molecule has 0 bridgehead atoms. The number of benzene rings is 1. The Morgan fingerprint density at radius 3 is 2.59 bits per heavy atom. The van der Waals surface area contributed by atoms with Gasteiger partial charge in [0.1, 0.15) is 5.82 Å². The van der Waals surface area contributed by atoms with Crippen molar-refractivity contribution in [1.82, 2.24) is 15.2 Å². The van der Waals surface area contributed by atoms with Crippen LogP contribution in [0.4, 0.5) is 5.82 Å². The predicted octanol–water partition coefficient (Wildman–Crippen LogP) is 2.66. The third kappa shape index (κ3) is 4.79. The van der Waals surface area contributed by atoms with E-state index in [1.165, 1.54) is 5.56 Å². The zero-order chi connectivity index (χ0) is 20.4. The lowest BCUT2D eigenvalue weighted by Crippen LogP contribution is -2.46. The smallest absolute Gasteiger partial charge is 0.251 e. The van der Waals surface area contributed by atoms with Crippen molar-refractivity contribution in [3.63, 3.8) is 0 Å². The van der Waals surface area contributed by atoms with E-state index in [0.29, 0.717) is 12.4 Å². The molecule has 2 aliphatic heterocycles. The number of hydrogen-bond acceptors (Lipinski definition) is 6. The number of piperazine rings is 1. The Bertz CT molecular complexity index is 886. The normalized spacial score (nSPS) is 16.7. The Morgan fingerprint density at radius 1 is 1.07 bits per heavy atom. The highest BCUT2D eigenvalue weighted by atomic mass is 16.7. The van der Waals surface area contributed by atoms with E-state index < -0.39 is 0 Å². The lowest BCUT2D eigenvalue weighted by Gasteiger charge is -2.35. The van der Waals surface area contributed by atoms with Gasteiger partial charge in [-0.15, -0.1) is 0 Å². The molecular formula is C22H28N4O3. The molecule has 2 aliphatic rings. The number of carbonyl (C=O) groups is 1. The minimum atomic E-state index is -0.263. The number of aromatic nitrogens is 1. The second-order valence-corrected chi connectivity index (χ2v) is 8.56. The van der Waals surface area contributed by atoms with Crippen molar-refractivity contribution in [3.05, 3.63) is 47.7 Å². The molecule has 1 N–H and O–H groups in total. The average Bonchev–Trinajstić information content (AvgIpc) is 3.15. The van der Waals surface area contributed by atoms with Gasteiger partial charge < -0.3 is 19.7 Å². The van der Waals surface area contributed by atoms with Crippen LogP contribution in [0.25, 0.3) is 0 Å². The molecule has 3 heterocycles. The summed E-state index contributed by atoms with van der Waals surface area (Å²) in [7, 11) is 0. The van der Waals surface area contributed by atoms with Gasteiger partial charge in [-0.05, 0) is 50.6 Å². The highest BCUT2D eigenvalue weighted by Gasteiger charge is 2.21. The molecule has 0 saturated carbocycles. The summed E-state index contributed by atoms with van der Waals surface area (Å²) in [5.74, 6) is 2.44. The highest BCUT2D eigenvalue weighted by molar-refractivity contribution is 5.95. The van der Waals surface area contributed by atoms with Gasteiger partial charge in [-0.25, -0.2) is 4.98 Å². The molecule has 7 nitrogen and oxygen atoms in total. The molecule has 0 aliphatic carbocycles. The van der Waals surface area contributed by atoms with E-state index in [0.717, 1.165) is 50.0 Å². The first-order valence-electron chi connectivity index (χ1n) is 10.0. The molecule has 1 fully saturated rings. The van der Waals surface area contributed by atoms with Crippen LogP contribution < -0.4 is 19.7 Å². The number of pyridine rings is 1. The van der Waals surface area contributed by atoms with Gasteiger partial charge in [-0.3, -0.25) is 9.69 Å². The average molecular weight is 396 g/mol. The van der Waals surface area contributed by atoms with Gasteiger partial charge in [-0.1, -0.05) is 6.07 Å². The first-order chi connectivity index (χ1) is 13.9. The topological polar surface area (TPSA) is 66.9 Å². The summed E-state index contributed by atoms with van der Waals surface area (Å²) in [6.07, 6.45) is 1.71. The maximum atomic E-state index is 12.4. The molecular weight excluding hydrogens is 368 g/mol. The van der Waals surface area contributed by atoms with E-state index in [1.807, 2.05) is 32.9 Å². The van der Waals surface area contributed by atoms with E-state index >= 15 is 0 Å². The standard InChI is InChI=1S/C22H28N4O3/c1-22(2,3)24-21(27)17-6-7-23-20(13-17)26-10-8-25(9-11-26)14-16-4-5-18-19(12-16)29-15-28-18/h4-7,12-13H,8-11,14-15H2,1-3H3,(H,24,27). The largest absolute Gasteiger partial charge is 0.454 e. The molecule has 154 valence electrons. The molecule has 4 rings (SSSR count). The monoisotopic (exact) mass is 396 g/mol. The Kier molecular flexibility index (Phi) is 5.32. The molecule has 29 heavy (non-hydrogen) atoms. The van der Waals surface area contributed by atoms with Crippen molar-refractivity contribution in [1.29, 1.82) is 0 Å². The van der Waals surface area contributed by atoms with E-state index in [4.69, 9.17) is 9.47 Å². The van der Waals surface area contributed by atoms with Crippen LogP contribution in [0.15, 0.2) is 36.5 Å². The molecule has 1 aromatic heterocycles. The van der Waals surface area contributed by atoms with Crippen molar-refractivity contribution >= 4 is 11.7 Å². The fourth-order valence-electron chi connectivity index (χ4n) is 3.58. The van der Waals surface area contributed by atoms with Crippen molar-refractivity contribution in [2.75, 3.05) is 37.9 Å². The van der Waals surface area contributed by atoms with Crippen LogP contribution in [0.1, 0.15) is 36.7 Å². The van der Waals surface area contributed by atoms with E-state index in [2.05, 4.69) is 32.2 Å². The Hall–Kier alpha value is -2.80. The second-order valence-electron chi connectivity index (χ2n) is 8.56. The summed E-state index contributed by atoms with van der Waals surface area (Å²) >= 11 is 0. The van der Waals surface area contributed by atoms with Crippen LogP contribution in [0.2, 0.25) is 0 Å². The third-order valence-electron chi connectivity index (χ3n) is 5.04. The number of carbonyl (C=O) groups excluding carboxylic acids is 1. The number of rotatable bonds is 4. The Labute approximate surface area is 171 Å². The van der Waals surface area contributed by atoms with Gasteiger partial charge in [0, 0.05) is 50.0 Å². The molecule has 0 radical (unpaired) electrons. The molecule has 1 saturated heterocycles. The third-order valence-corrected chi connectivity index (χ3v) is 5.04. The van der Waals surface area contributed by atoms with Crippen LogP contribution >= 0.6 is 0 Å². The van der Waals surface area contributed by atoms with E-state index in [1.54, 1.807) is 12.3 Å². The quantitative estimate of drug-likeness (QED) is 0.857. The number of anilines is 1. The molecule has 2 aromatic rings.